The highest BCUT2D eigenvalue weighted by molar-refractivity contribution is 5.96. The van der Waals surface area contributed by atoms with E-state index in [0.29, 0.717) is 24.5 Å². The summed E-state index contributed by atoms with van der Waals surface area (Å²) in [4.78, 5) is 12.3. The molecule has 5 nitrogen and oxygen atoms in total. The third kappa shape index (κ3) is 2.88. The maximum Gasteiger partial charge on any atom is 0.252 e. The highest BCUT2D eigenvalue weighted by Crippen LogP contribution is 2.21. The fraction of sp³-hybridized carbons (Fsp3) is 0.500. The molecule has 1 aliphatic rings. The number of amides is 1. The quantitative estimate of drug-likeness (QED) is 0.887. The molecule has 0 radical (unpaired) electrons. The summed E-state index contributed by atoms with van der Waals surface area (Å²) < 4.78 is 15.8. The van der Waals surface area contributed by atoms with Gasteiger partial charge < -0.3 is 19.5 Å². The van der Waals surface area contributed by atoms with Gasteiger partial charge in [0.2, 0.25) is 0 Å². The Morgan fingerprint density at radius 3 is 2.84 bits per heavy atom. The standard InChI is InChI=1S/C14H19NO4/c1-9-10(5-4-6-12(9)17-2)14(16)15-11-7-19-8-13(11)18-3/h4-6,11,13H,7-8H2,1-3H3,(H,15,16)/t11-,13-/m0/s1. The van der Waals surface area contributed by atoms with E-state index in [4.69, 9.17) is 14.2 Å². The van der Waals surface area contributed by atoms with Gasteiger partial charge in [-0.2, -0.15) is 0 Å². The van der Waals surface area contributed by atoms with Gasteiger partial charge in [-0.05, 0) is 19.1 Å². The van der Waals surface area contributed by atoms with E-state index < -0.39 is 0 Å². The largest absolute Gasteiger partial charge is 0.496 e. The van der Waals surface area contributed by atoms with Crippen molar-refractivity contribution in [2.24, 2.45) is 0 Å². The third-order valence-corrected chi connectivity index (χ3v) is 3.40. The highest BCUT2D eigenvalue weighted by Gasteiger charge is 2.30. The van der Waals surface area contributed by atoms with Crippen LogP contribution in [0.5, 0.6) is 5.75 Å². The Balaban J connectivity index is 2.12. The van der Waals surface area contributed by atoms with Gasteiger partial charge in [0.15, 0.2) is 0 Å². The molecule has 0 saturated carbocycles. The lowest BCUT2D eigenvalue weighted by Gasteiger charge is -2.18. The molecule has 1 aromatic rings. The lowest BCUT2D eigenvalue weighted by molar-refractivity contribution is 0.0685. The van der Waals surface area contributed by atoms with Crippen molar-refractivity contribution in [3.63, 3.8) is 0 Å². The summed E-state index contributed by atoms with van der Waals surface area (Å²) in [5, 5.41) is 2.94. The van der Waals surface area contributed by atoms with Crippen LogP contribution in [0.1, 0.15) is 15.9 Å². The molecule has 1 amide bonds. The Morgan fingerprint density at radius 1 is 1.37 bits per heavy atom. The first-order valence-corrected chi connectivity index (χ1v) is 6.22. The van der Waals surface area contributed by atoms with Crippen molar-refractivity contribution in [3.05, 3.63) is 29.3 Å². The van der Waals surface area contributed by atoms with Gasteiger partial charge in [-0.25, -0.2) is 0 Å². The van der Waals surface area contributed by atoms with Gasteiger partial charge in [-0.3, -0.25) is 4.79 Å². The van der Waals surface area contributed by atoms with Crippen LogP contribution in [0.15, 0.2) is 18.2 Å². The molecule has 0 aliphatic carbocycles. The molecule has 19 heavy (non-hydrogen) atoms. The molecule has 104 valence electrons. The minimum atomic E-state index is -0.131. The predicted octanol–water partition coefficient (Wildman–Crippen LogP) is 1.15. The Morgan fingerprint density at radius 2 is 2.16 bits per heavy atom. The summed E-state index contributed by atoms with van der Waals surface area (Å²) in [6.45, 7) is 2.86. The second-order valence-corrected chi connectivity index (χ2v) is 4.52. The second kappa shape index (κ2) is 6.04. The lowest BCUT2D eigenvalue weighted by Crippen LogP contribution is -2.43. The van der Waals surface area contributed by atoms with Gasteiger partial charge in [-0.1, -0.05) is 6.07 Å². The van der Waals surface area contributed by atoms with Crippen molar-refractivity contribution in [2.75, 3.05) is 27.4 Å². The molecular formula is C14H19NO4. The van der Waals surface area contributed by atoms with Crippen LogP contribution < -0.4 is 10.1 Å². The molecule has 0 bridgehead atoms. The molecule has 1 aromatic carbocycles. The molecular weight excluding hydrogens is 246 g/mol. The van der Waals surface area contributed by atoms with Crippen LogP contribution in [0, 0.1) is 6.92 Å². The molecule has 2 atom stereocenters. The average molecular weight is 265 g/mol. The SMILES string of the molecule is COc1cccc(C(=O)N[C@H]2COC[C@@H]2OC)c1C. The first-order valence-electron chi connectivity index (χ1n) is 6.22. The summed E-state index contributed by atoms with van der Waals surface area (Å²) in [6.07, 6.45) is -0.0881. The Bertz CT molecular complexity index is 461. The van der Waals surface area contributed by atoms with E-state index in [1.54, 1.807) is 26.4 Å². The van der Waals surface area contributed by atoms with Gasteiger partial charge in [0.25, 0.3) is 5.91 Å². The second-order valence-electron chi connectivity index (χ2n) is 4.52. The zero-order chi connectivity index (χ0) is 13.8. The number of rotatable bonds is 4. The number of hydrogen-bond acceptors (Lipinski definition) is 4. The van der Waals surface area contributed by atoms with Crippen molar-refractivity contribution in [1.29, 1.82) is 0 Å². The monoisotopic (exact) mass is 265 g/mol. The van der Waals surface area contributed by atoms with E-state index in [2.05, 4.69) is 5.32 Å². The minimum Gasteiger partial charge on any atom is -0.496 e. The van der Waals surface area contributed by atoms with Gasteiger partial charge in [0.05, 0.1) is 26.4 Å². The summed E-state index contributed by atoms with van der Waals surface area (Å²) in [6, 6.07) is 5.32. The minimum absolute atomic E-state index is 0.0881. The van der Waals surface area contributed by atoms with Crippen molar-refractivity contribution in [1.82, 2.24) is 5.32 Å². The van der Waals surface area contributed by atoms with E-state index in [9.17, 15) is 4.79 Å². The smallest absolute Gasteiger partial charge is 0.252 e. The Labute approximate surface area is 112 Å². The van der Waals surface area contributed by atoms with Crippen LogP contribution >= 0.6 is 0 Å². The van der Waals surface area contributed by atoms with Gasteiger partial charge in [0.1, 0.15) is 11.9 Å². The maximum atomic E-state index is 12.3. The highest BCUT2D eigenvalue weighted by atomic mass is 16.5. The van der Waals surface area contributed by atoms with E-state index in [1.807, 2.05) is 13.0 Å². The number of nitrogens with one attached hydrogen (secondary N) is 1. The molecule has 0 spiro atoms. The van der Waals surface area contributed by atoms with Crippen LogP contribution in [0.2, 0.25) is 0 Å². The first kappa shape index (κ1) is 13.8. The van der Waals surface area contributed by atoms with Crippen LogP contribution in [0.4, 0.5) is 0 Å². The molecule has 1 saturated heterocycles. The summed E-state index contributed by atoms with van der Waals surface area (Å²) in [7, 11) is 3.21. The van der Waals surface area contributed by atoms with E-state index >= 15 is 0 Å². The van der Waals surface area contributed by atoms with Crippen LogP contribution in [-0.4, -0.2) is 45.5 Å². The Kier molecular flexibility index (Phi) is 4.39. The summed E-state index contributed by atoms with van der Waals surface area (Å²) in [5.41, 5.74) is 1.44. The number of hydrogen-bond donors (Lipinski definition) is 1. The predicted molar refractivity (Wildman–Crippen MR) is 70.6 cm³/mol. The van der Waals surface area contributed by atoms with Crippen LogP contribution in [0.3, 0.4) is 0 Å². The topological polar surface area (TPSA) is 56.8 Å². The van der Waals surface area contributed by atoms with E-state index in [-0.39, 0.29) is 18.1 Å². The zero-order valence-corrected chi connectivity index (χ0v) is 11.4. The molecule has 1 heterocycles. The number of benzene rings is 1. The number of carbonyl (C=O) groups is 1. The van der Waals surface area contributed by atoms with Crippen LogP contribution in [-0.2, 0) is 9.47 Å². The van der Waals surface area contributed by atoms with Crippen molar-refractivity contribution in [3.8, 4) is 5.75 Å². The van der Waals surface area contributed by atoms with E-state index in [0.717, 1.165) is 5.56 Å². The van der Waals surface area contributed by atoms with Gasteiger partial charge in [0, 0.05) is 18.2 Å². The Hall–Kier alpha value is -1.59. The summed E-state index contributed by atoms with van der Waals surface area (Å²) >= 11 is 0. The molecule has 5 heteroatoms. The normalized spacial score (nSPS) is 22.3. The number of methoxy groups -OCH3 is 2. The molecule has 2 rings (SSSR count). The van der Waals surface area contributed by atoms with Crippen molar-refractivity contribution < 1.29 is 19.0 Å². The molecule has 1 N–H and O–H groups in total. The molecule has 0 unspecified atom stereocenters. The molecule has 1 fully saturated rings. The first-order chi connectivity index (χ1) is 9.17. The van der Waals surface area contributed by atoms with Gasteiger partial charge >= 0.3 is 0 Å². The average Bonchev–Trinajstić information content (AvgIpc) is 2.86. The van der Waals surface area contributed by atoms with Gasteiger partial charge in [-0.15, -0.1) is 0 Å². The van der Waals surface area contributed by atoms with Crippen molar-refractivity contribution in [2.45, 2.75) is 19.1 Å². The van der Waals surface area contributed by atoms with Crippen molar-refractivity contribution >= 4 is 5.91 Å². The van der Waals surface area contributed by atoms with E-state index in [1.165, 1.54) is 0 Å². The number of ether oxygens (including phenoxy) is 3. The lowest BCUT2D eigenvalue weighted by atomic mass is 10.1. The van der Waals surface area contributed by atoms with Crippen LogP contribution in [0.25, 0.3) is 0 Å². The molecule has 0 aromatic heterocycles. The fourth-order valence-electron chi connectivity index (χ4n) is 2.23. The third-order valence-electron chi connectivity index (χ3n) is 3.40. The number of carbonyl (C=O) groups excluding carboxylic acids is 1. The summed E-state index contributed by atoms with van der Waals surface area (Å²) in [5.74, 6) is 0.576. The fourth-order valence-corrected chi connectivity index (χ4v) is 2.23. The zero-order valence-electron chi connectivity index (χ0n) is 11.4. The maximum absolute atomic E-state index is 12.3. The molecule has 1 aliphatic heterocycles.